The highest BCUT2D eigenvalue weighted by Gasteiger charge is 2.33. The van der Waals surface area contributed by atoms with E-state index < -0.39 is 6.04 Å². The van der Waals surface area contributed by atoms with E-state index in [1.54, 1.807) is 17.1 Å². The highest BCUT2D eigenvalue weighted by Crippen LogP contribution is 2.37. The molecule has 1 amide bonds. The van der Waals surface area contributed by atoms with Crippen LogP contribution in [0.2, 0.25) is 0 Å². The van der Waals surface area contributed by atoms with Gasteiger partial charge in [-0.05, 0) is 47.1 Å². The molecule has 5 rings (SSSR count). The summed E-state index contributed by atoms with van der Waals surface area (Å²) in [4.78, 5) is 17.8. The maximum atomic E-state index is 13.7. The van der Waals surface area contributed by atoms with Gasteiger partial charge in [-0.25, -0.2) is 4.68 Å². The van der Waals surface area contributed by atoms with Crippen molar-refractivity contribution >= 4 is 28.2 Å². The van der Waals surface area contributed by atoms with Crippen LogP contribution in [0.5, 0.6) is 0 Å². The molecule has 35 heavy (non-hydrogen) atoms. The number of allylic oxidation sites excluding steroid dienone is 1. The Labute approximate surface area is 204 Å². The maximum absolute atomic E-state index is 13.7. The second-order valence-electron chi connectivity index (χ2n) is 9.95. The Morgan fingerprint density at radius 2 is 1.86 bits per heavy atom. The zero-order valence-corrected chi connectivity index (χ0v) is 20.3. The first kappa shape index (κ1) is 22.8. The average Bonchev–Trinajstić information content (AvgIpc) is 3.25. The zero-order valence-electron chi connectivity index (χ0n) is 20.3. The number of aromatic nitrogens is 3. The number of hydrogen-bond acceptors (Lipinski definition) is 5. The number of amides is 1. The van der Waals surface area contributed by atoms with Crippen LogP contribution in [0.1, 0.15) is 50.6 Å². The summed E-state index contributed by atoms with van der Waals surface area (Å²) in [6.07, 6.45) is 3.54. The second-order valence-corrected chi connectivity index (χ2v) is 9.95. The molecule has 3 heterocycles. The fourth-order valence-electron chi connectivity index (χ4n) is 4.53. The van der Waals surface area contributed by atoms with Crippen molar-refractivity contribution in [1.82, 2.24) is 14.8 Å². The van der Waals surface area contributed by atoms with Gasteiger partial charge >= 0.3 is 0 Å². The summed E-state index contributed by atoms with van der Waals surface area (Å²) in [6, 6.07) is 17.4. The van der Waals surface area contributed by atoms with Crippen molar-refractivity contribution in [2.45, 2.75) is 45.8 Å². The van der Waals surface area contributed by atoms with E-state index in [2.05, 4.69) is 65.8 Å². The smallest absolute Gasteiger partial charge is 0.255 e. The molecular formula is C28H29N5O2. The lowest BCUT2D eigenvalue weighted by molar-refractivity contribution is -0.113. The van der Waals surface area contributed by atoms with Gasteiger partial charge in [-0.15, -0.1) is 0 Å². The highest BCUT2D eigenvalue weighted by molar-refractivity contribution is 6.06. The number of aliphatic hydroxyl groups is 1. The minimum absolute atomic E-state index is 0.0190. The number of pyridine rings is 1. The molecule has 1 unspecified atom stereocenters. The van der Waals surface area contributed by atoms with Crippen LogP contribution >= 0.6 is 0 Å². The van der Waals surface area contributed by atoms with Gasteiger partial charge in [0, 0.05) is 35.2 Å². The number of carbonyl (C=O) groups excluding carboxylic acids is 1. The predicted molar refractivity (Wildman–Crippen MR) is 138 cm³/mol. The number of rotatable bonds is 4. The van der Waals surface area contributed by atoms with E-state index in [4.69, 9.17) is 0 Å². The fourth-order valence-corrected chi connectivity index (χ4v) is 4.53. The standard InChI is InChI=1S/C28H29N5O2/c1-17-25(27(35)31-22-10-7-20-15-29-12-11-19(20)13-22)26(33-24(30-17)14-23(16-34)32-33)18-5-8-21(9-6-18)28(2,3)4/h5-15,26,30,34H,16H2,1-4H3,(H,31,35). The normalized spacial score (nSPS) is 15.6. The predicted octanol–water partition coefficient (Wildman–Crippen LogP) is 5.15. The van der Waals surface area contributed by atoms with Crippen LogP contribution in [-0.4, -0.2) is 25.8 Å². The van der Waals surface area contributed by atoms with E-state index in [0.29, 0.717) is 17.0 Å². The van der Waals surface area contributed by atoms with E-state index in [0.717, 1.165) is 27.9 Å². The summed E-state index contributed by atoms with van der Waals surface area (Å²) >= 11 is 0. The topological polar surface area (TPSA) is 92.1 Å². The summed E-state index contributed by atoms with van der Waals surface area (Å²) in [7, 11) is 0. The summed E-state index contributed by atoms with van der Waals surface area (Å²) in [5.74, 6) is 0.534. The lowest BCUT2D eigenvalue weighted by atomic mass is 9.85. The quantitative estimate of drug-likeness (QED) is 0.386. The average molecular weight is 468 g/mol. The molecule has 2 aromatic heterocycles. The Morgan fingerprint density at radius 3 is 2.57 bits per heavy atom. The molecule has 7 nitrogen and oxygen atoms in total. The van der Waals surface area contributed by atoms with Gasteiger partial charge in [0.25, 0.3) is 5.91 Å². The zero-order chi connectivity index (χ0) is 24.7. The maximum Gasteiger partial charge on any atom is 0.255 e. The molecule has 0 spiro atoms. The molecule has 2 aromatic carbocycles. The summed E-state index contributed by atoms with van der Waals surface area (Å²) in [5, 5.41) is 22.7. The first-order valence-corrected chi connectivity index (χ1v) is 11.7. The number of fused-ring (bicyclic) bond motifs is 2. The Kier molecular flexibility index (Phi) is 5.65. The molecule has 7 heteroatoms. The van der Waals surface area contributed by atoms with Gasteiger partial charge in [-0.2, -0.15) is 5.10 Å². The molecule has 178 valence electrons. The van der Waals surface area contributed by atoms with Gasteiger partial charge in [0.1, 0.15) is 11.9 Å². The van der Waals surface area contributed by atoms with E-state index in [1.165, 1.54) is 5.56 Å². The van der Waals surface area contributed by atoms with Crippen LogP contribution < -0.4 is 10.6 Å². The molecule has 1 aliphatic heterocycles. The van der Waals surface area contributed by atoms with Crippen molar-refractivity contribution < 1.29 is 9.90 Å². The van der Waals surface area contributed by atoms with Crippen LogP contribution in [-0.2, 0) is 16.8 Å². The number of nitrogens with zero attached hydrogens (tertiary/aromatic N) is 3. The molecular weight excluding hydrogens is 438 g/mol. The van der Waals surface area contributed by atoms with Gasteiger partial charge < -0.3 is 15.7 Å². The van der Waals surface area contributed by atoms with Crippen LogP contribution in [0, 0.1) is 0 Å². The Hall–Kier alpha value is -3.97. The number of anilines is 2. The van der Waals surface area contributed by atoms with Gasteiger partial charge in [0.2, 0.25) is 0 Å². The van der Waals surface area contributed by atoms with E-state index in [-0.39, 0.29) is 17.9 Å². The van der Waals surface area contributed by atoms with Crippen molar-refractivity contribution in [2.75, 3.05) is 10.6 Å². The number of hydrogen-bond donors (Lipinski definition) is 3. The molecule has 0 saturated heterocycles. The van der Waals surface area contributed by atoms with E-state index in [1.807, 2.05) is 37.3 Å². The van der Waals surface area contributed by atoms with Gasteiger partial charge in [0.15, 0.2) is 0 Å². The van der Waals surface area contributed by atoms with Crippen LogP contribution in [0.3, 0.4) is 0 Å². The lowest BCUT2D eigenvalue weighted by Crippen LogP contribution is -2.31. The third kappa shape index (κ3) is 4.31. The second kappa shape index (κ2) is 8.67. The molecule has 0 saturated carbocycles. The molecule has 3 N–H and O–H groups in total. The molecule has 0 aliphatic carbocycles. The van der Waals surface area contributed by atoms with Crippen LogP contribution in [0.15, 0.2) is 78.3 Å². The molecule has 0 radical (unpaired) electrons. The third-order valence-corrected chi connectivity index (χ3v) is 6.42. The van der Waals surface area contributed by atoms with E-state index in [9.17, 15) is 9.90 Å². The van der Waals surface area contributed by atoms with Crippen LogP contribution in [0.25, 0.3) is 10.8 Å². The van der Waals surface area contributed by atoms with Gasteiger partial charge in [-0.1, -0.05) is 51.1 Å². The lowest BCUT2D eigenvalue weighted by Gasteiger charge is -2.30. The van der Waals surface area contributed by atoms with Gasteiger partial charge in [-0.3, -0.25) is 9.78 Å². The van der Waals surface area contributed by atoms with Crippen molar-refractivity contribution in [3.05, 3.63) is 95.1 Å². The molecule has 0 bridgehead atoms. The monoisotopic (exact) mass is 467 g/mol. The Bertz CT molecular complexity index is 1440. The minimum atomic E-state index is -0.440. The van der Waals surface area contributed by atoms with E-state index >= 15 is 0 Å². The third-order valence-electron chi connectivity index (χ3n) is 6.42. The van der Waals surface area contributed by atoms with Crippen molar-refractivity contribution in [3.8, 4) is 0 Å². The SMILES string of the molecule is CC1=C(C(=O)Nc2ccc3cnccc3c2)C(c2ccc(C(C)(C)C)cc2)n2nc(CO)cc2N1. The molecule has 1 atom stereocenters. The highest BCUT2D eigenvalue weighted by atomic mass is 16.3. The summed E-state index contributed by atoms with van der Waals surface area (Å²) < 4.78 is 1.78. The Balaban J connectivity index is 1.55. The fraction of sp³-hybridized carbons (Fsp3) is 0.250. The Morgan fingerprint density at radius 1 is 1.09 bits per heavy atom. The van der Waals surface area contributed by atoms with Crippen LogP contribution in [0.4, 0.5) is 11.5 Å². The van der Waals surface area contributed by atoms with Crippen molar-refractivity contribution in [1.29, 1.82) is 0 Å². The summed E-state index contributed by atoms with van der Waals surface area (Å²) in [5.41, 5.74) is 4.74. The number of carbonyl (C=O) groups is 1. The number of aliphatic hydroxyl groups excluding tert-OH is 1. The minimum Gasteiger partial charge on any atom is -0.390 e. The van der Waals surface area contributed by atoms with Crippen molar-refractivity contribution in [2.24, 2.45) is 0 Å². The number of nitrogens with one attached hydrogen (secondary N) is 2. The number of benzene rings is 2. The first-order valence-electron chi connectivity index (χ1n) is 11.7. The van der Waals surface area contributed by atoms with Gasteiger partial charge in [0.05, 0.1) is 17.9 Å². The molecule has 0 fully saturated rings. The first-order chi connectivity index (χ1) is 16.7. The summed E-state index contributed by atoms with van der Waals surface area (Å²) in [6.45, 7) is 8.24. The molecule has 4 aromatic rings. The van der Waals surface area contributed by atoms with Crippen molar-refractivity contribution in [3.63, 3.8) is 0 Å². The largest absolute Gasteiger partial charge is 0.390 e. The molecule has 1 aliphatic rings.